The number of ether oxygens (including phenoxy) is 1. The monoisotopic (exact) mass is 184 g/mol. The SMILES string of the molecule is ClNN(Cl)C1CCOCC1. The van der Waals surface area contributed by atoms with Crippen LogP contribution in [0.2, 0.25) is 0 Å². The van der Waals surface area contributed by atoms with Gasteiger partial charge in [0.2, 0.25) is 0 Å². The second-order valence-electron chi connectivity index (χ2n) is 2.24. The average molecular weight is 185 g/mol. The fourth-order valence-corrected chi connectivity index (χ4v) is 1.31. The fraction of sp³-hybridized carbons (Fsp3) is 1.00. The van der Waals surface area contributed by atoms with Crippen molar-refractivity contribution in [3.8, 4) is 0 Å². The van der Waals surface area contributed by atoms with Gasteiger partial charge in [0.15, 0.2) is 0 Å². The van der Waals surface area contributed by atoms with Gasteiger partial charge in [-0.25, -0.2) is 0 Å². The van der Waals surface area contributed by atoms with Crippen LogP contribution in [-0.4, -0.2) is 23.8 Å². The molecule has 3 nitrogen and oxygen atoms in total. The summed E-state index contributed by atoms with van der Waals surface area (Å²) in [5, 5.41) is 0. The summed E-state index contributed by atoms with van der Waals surface area (Å²) in [5.41, 5.74) is 0. The Morgan fingerprint density at radius 3 is 2.50 bits per heavy atom. The van der Waals surface area contributed by atoms with E-state index in [2.05, 4.69) is 4.94 Å². The highest BCUT2D eigenvalue weighted by atomic mass is 35.5. The second-order valence-corrected chi connectivity index (χ2v) is 2.77. The molecule has 10 heavy (non-hydrogen) atoms. The number of hydrogen-bond acceptors (Lipinski definition) is 3. The van der Waals surface area contributed by atoms with Crippen LogP contribution in [0.15, 0.2) is 0 Å². The average Bonchev–Trinajstić information content (AvgIpc) is 2.05. The molecule has 0 aromatic heterocycles. The highest BCUT2D eigenvalue weighted by molar-refractivity contribution is 6.19. The fourth-order valence-electron chi connectivity index (χ4n) is 0.981. The van der Waals surface area contributed by atoms with Crippen LogP contribution in [0.1, 0.15) is 12.8 Å². The molecule has 1 aliphatic heterocycles. The van der Waals surface area contributed by atoms with E-state index in [0.29, 0.717) is 6.04 Å². The van der Waals surface area contributed by atoms with E-state index in [-0.39, 0.29) is 0 Å². The summed E-state index contributed by atoms with van der Waals surface area (Å²) in [7, 11) is 0. The van der Waals surface area contributed by atoms with Crippen LogP contribution in [0.4, 0.5) is 0 Å². The van der Waals surface area contributed by atoms with E-state index in [0.717, 1.165) is 26.1 Å². The van der Waals surface area contributed by atoms with Crippen molar-refractivity contribution in [2.24, 2.45) is 0 Å². The van der Waals surface area contributed by atoms with E-state index < -0.39 is 0 Å². The Morgan fingerprint density at radius 1 is 1.40 bits per heavy atom. The molecule has 1 saturated heterocycles. The zero-order valence-electron chi connectivity index (χ0n) is 5.52. The zero-order chi connectivity index (χ0) is 7.40. The van der Waals surface area contributed by atoms with E-state index in [1.165, 1.54) is 4.53 Å². The van der Waals surface area contributed by atoms with E-state index in [1.807, 2.05) is 0 Å². The summed E-state index contributed by atoms with van der Waals surface area (Å²) in [6.45, 7) is 1.54. The lowest BCUT2D eigenvalue weighted by atomic mass is 10.1. The summed E-state index contributed by atoms with van der Waals surface area (Å²) in [6.07, 6.45) is 1.87. The third kappa shape index (κ3) is 2.25. The maximum Gasteiger partial charge on any atom is 0.0482 e. The Labute approximate surface area is 70.4 Å². The van der Waals surface area contributed by atoms with Gasteiger partial charge in [-0.2, -0.15) is 4.94 Å². The third-order valence-electron chi connectivity index (χ3n) is 1.59. The third-order valence-corrected chi connectivity index (χ3v) is 2.22. The van der Waals surface area contributed by atoms with Crippen molar-refractivity contribution in [3.63, 3.8) is 0 Å². The minimum atomic E-state index is 0.299. The molecule has 60 valence electrons. The van der Waals surface area contributed by atoms with Crippen molar-refractivity contribution in [3.05, 3.63) is 0 Å². The quantitative estimate of drug-likeness (QED) is 0.518. The number of rotatable bonds is 2. The van der Waals surface area contributed by atoms with Gasteiger partial charge in [0, 0.05) is 19.3 Å². The van der Waals surface area contributed by atoms with E-state index >= 15 is 0 Å². The molecule has 5 heteroatoms. The van der Waals surface area contributed by atoms with Crippen LogP contribution in [-0.2, 0) is 4.74 Å². The standard InChI is InChI=1S/C5H10Cl2N2O/c6-8-9(7)5-1-3-10-4-2-5/h5,8H,1-4H2. The van der Waals surface area contributed by atoms with Crippen molar-refractivity contribution in [2.45, 2.75) is 18.9 Å². The number of nitrogens with zero attached hydrogens (tertiary/aromatic N) is 1. The number of nitrogens with one attached hydrogen (secondary N) is 1. The summed E-state index contributed by atoms with van der Waals surface area (Å²) in [5.74, 6) is 0. The molecule has 1 heterocycles. The molecular weight excluding hydrogens is 175 g/mol. The molecule has 1 rings (SSSR count). The predicted molar refractivity (Wildman–Crippen MR) is 40.5 cm³/mol. The van der Waals surface area contributed by atoms with Crippen LogP contribution in [0.5, 0.6) is 0 Å². The van der Waals surface area contributed by atoms with Crippen molar-refractivity contribution in [1.29, 1.82) is 0 Å². The molecule has 0 spiro atoms. The van der Waals surface area contributed by atoms with Gasteiger partial charge in [0.1, 0.15) is 0 Å². The zero-order valence-corrected chi connectivity index (χ0v) is 7.03. The molecule has 0 amide bonds. The molecule has 1 fully saturated rings. The van der Waals surface area contributed by atoms with Gasteiger partial charge in [-0.15, -0.1) is 4.53 Å². The number of hydrazine groups is 1. The highest BCUT2D eigenvalue weighted by Crippen LogP contribution is 2.14. The van der Waals surface area contributed by atoms with Crippen molar-refractivity contribution in [1.82, 2.24) is 9.47 Å². The van der Waals surface area contributed by atoms with Crippen LogP contribution in [0.3, 0.4) is 0 Å². The van der Waals surface area contributed by atoms with Gasteiger partial charge in [0.25, 0.3) is 0 Å². The van der Waals surface area contributed by atoms with Gasteiger partial charge in [-0.05, 0) is 36.4 Å². The molecule has 0 aromatic carbocycles. The molecule has 0 unspecified atom stereocenters. The van der Waals surface area contributed by atoms with Crippen LogP contribution in [0, 0.1) is 0 Å². The van der Waals surface area contributed by atoms with Crippen molar-refractivity contribution < 1.29 is 4.74 Å². The van der Waals surface area contributed by atoms with Gasteiger partial charge >= 0.3 is 0 Å². The smallest absolute Gasteiger partial charge is 0.0482 e. The molecule has 1 N–H and O–H groups in total. The largest absolute Gasteiger partial charge is 0.381 e. The lowest BCUT2D eigenvalue weighted by Crippen LogP contribution is -2.37. The minimum absolute atomic E-state index is 0.299. The Hall–Kier alpha value is 0.460. The minimum Gasteiger partial charge on any atom is -0.381 e. The summed E-state index contributed by atoms with van der Waals surface area (Å²) < 4.78 is 6.53. The topological polar surface area (TPSA) is 24.5 Å². The molecule has 0 aromatic rings. The summed E-state index contributed by atoms with van der Waals surface area (Å²) in [6, 6.07) is 0.299. The Morgan fingerprint density at radius 2 is 2.00 bits per heavy atom. The first kappa shape index (κ1) is 8.56. The molecule has 0 atom stereocenters. The molecule has 0 bridgehead atoms. The Bertz CT molecular complexity index is 97.6. The molecule has 0 aliphatic carbocycles. The first-order chi connectivity index (χ1) is 4.84. The highest BCUT2D eigenvalue weighted by Gasteiger charge is 2.18. The van der Waals surface area contributed by atoms with Gasteiger partial charge < -0.3 is 4.74 Å². The Kier molecular flexibility index (Phi) is 3.73. The maximum absolute atomic E-state index is 5.68. The van der Waals surface area contributed by atoms with Gasteiger partial charge in [-0.3, -0.25) is 0 Å². The van der Waals surface area contributed by atoms with Crippen LogP contribution < -0.4 is 4.94 Å². The summed E-state index contributed by atoms with van der Waals surface area (Å²) in [4.78, 5) is 2.35. The molecule has 0 radical (unpaired) electrons. The molecule has 0 saturated carbocycles. The van der Waals surface area contributed by atoms with Crippen LogP contribution >= 0.6 is 23.6 Å². The number of hydrogen-bond donors (Lipinski definition) is 1. The van der Waals surface area contributed by atoms with Crippen LogP contribution in [0.25, 0.3) is 0 Å². The van der Waals surface area contributed by atoms with Gasteiger partial charge in [0.05, 0.1) is 0 Å². The van der Waals surface area contributed by atoms with E-state index in [9.17, 15) is 0 Å². The maximum atomic E-state index is 5.68. The summed E-state index contributed by atoms with van der Waals surface area (Å²) >= 11 is 11.0. The first-order valence-corrected chi connectivity index (χ1v) is 3.95. The lowest BCUT2D eigenvalue weighted by molar-refractivity contribution is 0.0549. The molecule has 1 aliphatic rings. The predicted octanol–water partition coefficient (Wildman–Crippen LogP) is 1.28. The van der Waals surface area contributed by atoms with Crippen molar-refractivity contribution in [2.75, 3.05) is 13.2 Å². The number of halogens is 2. The normalized spacial score (nSPS) is 21.9. The van der Waals surface area contributed by atoms with Crippen molar-refractivity contribution >= 4 is 23.6 Å². The molecular formula is C5H10Cl2N2O. The van der Waals surface area contributed by atoms with E-state index in [1.54, 1.807) is 0 Å². The Balaban J connectivity index is 2.24. The van der Waals surface area contributed by atoms with Gasteiger partial charge in [-0.1, -0.05) is 0 Å². The van der Waals surface area contributed by atoms with E-state index in [4.69, 9.17) is 28.3 Å². The first-order valence-electron chi connectivity index (χ1n) is 3.23. The lowest BCUT2D eigenvalue weighted by Gasteiger charge is -2.26. The second kappa shape index (κ2) is 4.36.